The molecule has 23 heavy (non-hydrogen) atoms. The van der Waals surface area contributed by atoms with Gasteiger partial charge in [0.05, 0.1) is 12.8 Å². The van der Waals surface area contributed by atoms with Crippen molar-refractivity contribution < 1.29 is 14.0 Å². The Labute approximate surface area is 137 Å². The van der Waals surface area contributed by atoms with E-state index in [1.807, 2.05) is 11.0 Å². The molecule has 0 atom stereocenters. The van der Waals surface area contributed by atoms with Crippen LogP contribution >= 0.6 is 11.3 Å². The molecule has 1 aliphatic heterocycles. The standard InChI is InChI=1S/C15H18N4O3S/c1-16-13(20)9-18-4-6-19(7-5-18)15(21)11-10-23-14(17-11)12-3-2-8-22-12/h2-3,8,10H,4-7,9H2,1H3,(H,16,20). The summed E-state index contributed by atoms with van der Waals surface area (Å²) in [5.74, 6) is 0.593. The number of thiazole rings is 1. The average Bonchev–Trinajstić information content (AvgIpc) is 3.25. The number of amides is 2. The van der Waals surface area contributed by atoms with E-state index in [1.165, 1.54) is 11.3 Å². The lowest BCUT2D eigenvalue weighted by Crippen LogP contribution is -2.50. The first-order valence-corrected chi connectivity index (χ1v) is 8.27. The molecule has 1 saturated heterocycles. The van der Waals surface area contributed by atoms with Crippen LogP contribution in [0.2, 0.25) is 0 Å². The van der Waals surface area contributed by atoms with E-state index in [9.17, 15) is 9.59 Å². The van der Waals surface area contributed by atoms with Gasteiger partial charge in [-0.15, -0.1) is 11.3 Å². The number of hydrogen-bond acceptors (Lipinski definition) is 6. The molecular weight excluding hydrogens is 316 g/mol. The molecule has 0 saturated carbocycles. The second-order valence-corrected chi connectivity index (χ2v) is 6.11. The predicted octanol–water partition coefficient (Wildman–Crippen LogP) is 0.907. The largest absolute Gasteiger partial charge is 0.462 e. The van der Waals surface area contributed by atoms with Gasteiger partial charge >= 0.3 is 0 Å². The van der Waals surface area contributed by atoms with Gasteiger partial charge in [0.1, 0.15) is 5.69 Å². The van der Waals surface area contributed by atoms with E-state index in [-0.39, 0.29) is 11.8 Å². The zero-order valence-corrected chi connectivity index (χ0v) is 13.6. The second kappa shape index (κ2) is 6.93. The van der Waals surface area contributed by atoms with Gasteiger partial charge in [0.15, 0.2) is 10.8 Å². The number of carbonyl (C=O) groups excluding carboxylic acids is 2. The molecule has 0 aromatic carbocycles. The highest BCUT2D eigenvalue weighted by Crippen LogP contribution is 2.24. The molecule has 0 bridgehead atoms. The van der Waals surface area contributed by atoms with Gasteiger partial charge in [0, 0.05) is 38.6 Å². The van der Waals surface area contributed by atoms with Crippen molar-refractivity contribution in [2.75, 3.05) is 39.8 Å². The lowest BCUT2D eigenvalue weighted by molar-refractivity contribution is -0.122. The third-order valence-electron chi connectivity index (χ3n) is 3.76. The normalized spacial score (nSPS) is 15.6. The monoisotopic (exact) mass is 334 g/mol. The van der Waals surface area contributed by atoms with Crippen molar-refractivity contribution in [1.29, 1.82) is 0 Å². The van der Waals surface area contributed by atoms with Crippen LogP contribution in [-0.4, -0.2) is 66.4 Å². The second-order valence-electron chi connectivity index (χ2n) is 5.26. The molecule has 2 aromatic rings. The van der Waals surface area contributed by atoms with Crippen LogP contribution in [-0.2, 0) is 4.79 Å². The minimum absolute atomic E-state index is 0.00707. The summed E-state index contributed by atoms with van der Waals surface area (Å²) < 4.78 is 5.30. The maximum Gasteiger partial charge on any atom is 0.273 e. The Morgan fingerprint density at radius 2 is 2.13 bits per heavy atom. The number of likely N-dealkylation sites (N-methyl/N-ethyl adjacent to an activating group) is 1. The summed E-state index contributed by atoms with van der Waals surface area (Å²) in [7, 11) is 1.63. The molecular formula is C15H18N4O3S. The zero-order chi connectivity index (χ0) is 16.2. The van der Waals surface area contributed by atoms with Crippen molar-refractivity contribution in [3.05, 3.63) is 29.5 Å². The number of piperazine rings is 1. The van der Waals surface area contributed by atoms with Crippen LogP contribution in [0.5, 0.6) is 0 Å². The number of nitrogens with zero attached hydrogens (tertiary/aromatic N) is 3. The first-order chi connectivity index (χ1) is 11.2. The van der Waals surface area contributed by atoms with Gasteiger partial charge in [-0.25, -0.2) is 4.98 Å². The lowest BCUT2D eigenvalue weighted by atomic mass is 10.3. The van der Waals surface area contributed by atoms with Gasteiger partial charge < -0.3 is 14.6 Å². The molecule has 0 spiro atoms. The molecule has 0 unspecified atom stereocenters. The minimum atomic E-state index is -0.0707. The summed E-state index contributed by atoms with van der Waals surface area (Å²) >= 11 is 1.40. The van der Waals surface area contributed by atoms with Gasteiger partial charge in [-0.2, -0.15) is 0 Å². The molecule has 3 heterocycles. The van der Waals surface area contributed by atoms with Crippen molar-refractivity contribution in [2.24, 2.45) is 0 Å². The number of aromatic nitrogens is 1. The average molecular weight is 334 g/mol. The van der Waals surface area contributed by atoms with E-state index in [4.69, 9.17) is 4.42 Å². The third kappa shape index (κ3) is 3.59. The fourth-order valence-electron chi connectivity index (χ4n) is 2.44. The molecule has 2 aromatic heterocycles. The Morgan fingerprint density at radius 3 is 2.78 bits per heavy atom. The van der Waals surface area contributed by atoms with Gasteiger partial charge in [0.25, 0.3) is 5.91 Å². The summed E-state index contributed by atoms with van der Waals surface area (Å²) in [6, 6.07) is 3.62. The van der Waals surface area contributed by atoms with Crippen molar-refractivity contribution in [1.82, 2.24) is 20.1 Å². The quantitative estimate of drug-likeness (QED) is 0.899. The summed E-state index contributed by atoms with van der Waals surface area (Å²) in [5, 5.41) is 5.08. The van der Waals surface area contributed by atoms with Crippen molar-refractivity contribution >= 4 is 23.2 Å². The van der Waals surface area contributed by atoms with Gasteiger partial charge in [0.2, 0.25) is 5.91 Å². The number of carbonyl (C=O) groups is 2. The van der Waals surface area contributed by atoms with Crippen LogP contribution in [0, 0.1) is 0 Å². The van der Waals surface area contributed by atoms with E-state index in [0.717, 1.165) is 0 Å². The van der Waals surface area contributed by atoms with Crippen LogP contribution in [0.25, 0.3) is 10.8 Å². The van der Waals surface area contributed by atoms with Gasteiger partial charge in [-0.3, -0.25) is 14.5 Å². The molecule has 8 heteroatoms. The highest BCUT2D eigenvalue weighted by molar-refractivity contribution is 7.13. The smallest absolute Gasteiger partial charge is 0.273 e. The maximum absolute atomic E-state index is 12.5. The molecule has 2 amide bonds. The highest BCUT2D eigenvalue weighted by atomic mass is 32.1. The first-order valence-electron chi connectivity index (χ1n) is 7.39. The third-order valence-corrected chi connectivity index (χ3v) is 4.62. The maximum atomic E-state index is 12.5. The van der Waals surface area contributed by atoms with Crippen LogP contribution in [0.3, 0.4) is 0 Å². The van der Waals surface area contributed by atoms with E-state index < -0.39 is 0 Å². The van der Waals surface area contributed by atoms with Crippen LogP contribution in [0.1, 0.15) is 10.5 Å². The van der Waals surface area contributed by atoms with Crippen LogP contribution in [0.4, 0.5) is 0 Å². The molecule has 1 fully saturated rings. The zero-order valence-electron chi connectivity index (χ0n) is 12.8. The number of rotatable bonds is 4. The van der Waals surface area contributed by atoms with Crippen molar-refractivity contribution in [2.45, 2.75) is 0 Å². The van der Waals surface area contributed by atoms with E-state index >= 15 is 0 Å². The predicted molar refractivity (Wildman–Crippen MR) is 86.2 cm³/mol. The molecule has 1 N–H and O–H groups in total. The number of nitrogens with one attached hydrogen (secondary N) is 1. The molecule has 3 rings (SSSR count). The lowest BCUT2D eigenvalue weighted by Gasteiger charge is -2.33. The Balaban J connectivity index is 1.58. The van der Waals surface area contributed by atoms with Crippen molar-refractivity contribution in [3.63, 3.8) is 0 Å². The molecule has 0 radical (unpaired) electrons. The Kier molecular flexibility index (Phi) is 4.73. The molecule has 1 aliphatic rings. The summed E-state index contributed by atoms with van der Waals surface area (Å²) in [6.45, 7) is 2.95. The van der Waals surface area contributed by atoms with Gasteiger partial charge in [-0.1, -0.05) is 0 Å². The summed E-state index contributed by atoms with van der Waals surface area (Å²) in [6.07, 6.45) is 1.59. The number of hydrogen-bond donors (Lipinski definition) is 1. The SMILES string of the molecule is CNC(=O)CN1CCN(C(=O)c2csc(-c3ccco3)n2)CC1. The highest BCUT2D eigenvalue weighted by Gasteiger charge is 2.25. The number of furan rings is 1. The van der Waals surface area contributed by atoms with Crippen LogP contribution < -0.4 is 5.32 Å². The summed E-state index contributed by atoms with van der Waals surface area (Å²) in [5.41, 5.74) is 0.446. The van der Waals surface area contributed by atoms with Crippen LogP contribution in [0.15, 0.2) is 28.2 Å². The molecule has 7 nitrogen and oxygen atoms in total. The topological polar surface area (TPSA) is 78.7 Å². The fraction of sp³-hybridized carbons (Fsp3) is 0.400. The fourth-order valence-corrected chi connectivity index (χ4v) is 3.20. The first kappa shape index (κ1) is 15.7. The summed E-state index contributed by atoms with van der Waals surface area (Å²) in [4.78, 5) is 32.1. The molecule has 122 valence electrons. The Hall–Kier alpha value is -2.19. The van der Waals surface area contributed by atoms with Crippen molar-refractivity contribution in [3.8, 4) is 10.8 Å². The Morgan fingerprint density at radius 1 is 1.35 bits per heavy atom. The molecule has 0 aliphatic carbocycles. The Bertz CT molecular complexity index is 675. The minimum Gasteiger partial charge on any atom is -0.462 e. The van der Waals surface area contributed by atoms with E-state index in [2.05, 4.69) is 10.3 Å². The van der Waals surface area contributed by atoms with Gasteiger partial charge in [-0.05, 0) is 12.1 Å². The van der Waals surface area contributed by atoms with E-state index in [1.54, 1.807) is 29.7 Å². The van der Waals surface area contributed by atoms with E-state index in [0.29, 0.717) is 49.2 Å².